The number of primary amides is 1. The summed E-state index contributed by atoms with van der Waals surface area (Å²) in [7, 11) is -3.56. The van der Waals surface area contributed by atoms with Gasteiger partial charge in [0, 0.05) is 32.7 Å². The number of aryl methyl sites for hydroxylation is 1. The van der Waals surface area contributed by atoms with Gasteiger partial charge in [-0.15, -0.1) is 0 Å². The molecule has 10 heteroatoms. The van der Waals surface area contributed by atoms with Crippen LogP contribution < -0.4 is 11.1 Å². The summed E-state index contributed by atoms with van der Waals surface area (Å²) in [5, 5.41) is 2.73. The second-order valence-corrected chi connectivity index (χ2v) is 10.2. The van der Waals surface area contributed by atoms with Crippen LogP contribution in [0.4, 0.5) is 4.39 Å². The van der Waals surface area contributed by atoms with E-state index in [1.807, 2.05) is 11.8 Å². The monoisotopic (exact) mass is 476 g/mol. The summed E-state index contributed by atoms with van der Waals surface area (Å²) in [4.78, 5) is 26.3. The van der Waals surface area contributed by atoms with Crippen molar-refractivity contribution in [3.8, 4) is 0 Å². The van der Waals surface area contributed by atoms with E-state index >= 15 is 0 Å². The van der Waals surface area contributed by atoms with Gasteiger partial charge in [0.05, 0.1) is 17.4 Å². The molecule has 178 valence electrons. The molecule has 1 fully saturated rings. The molecule has 1 aliphatic heterocycles. The van der Waals surface area contributed by atoms with Crippen molar-refractivity contribution in [1.82, 2.24) is 14.5 Å². The molecule has 0 aliphatic carbocycles. The minimum atomic E-state index is -3.56. The lowest BCUT2D eigenvalue weighted by molar-refractivity contribution is -0.124. The molecule has 0 radical (unpaired) electrons. The number of piperazine rings is 1. The number of carbonyl (C=O) groups excluding carboxylic acids is 2. The number of hydrogen-bond acceptors (Lipinski definition) is 5. The number of nitrogens with two attached hydrogens (primary N) is 1. The second-order valence-electron chi connectivity index (χ2n) is 8.23. The lowest BCUT2D eigenvalue weighted by atomic mass is 9.98. The fourth-order valence-electron chi connectivity index (χ4n) is 3.66. The third-order valence-electron chi connectivity index (χ3n) is 5.70. The van der Waals surface area contributed by atoms with Gasteiger partial charge < -0.3 is 11.1 Å². The van der Waals surface area contributed by atoms with Crippen molar-refractivity contribution < 1.29 is 22.4 Å². The van der Waals surface area contributed by atoms with Crippen LogP contribution in [-0.4, -0.2) is 68.7 Å². The molecule has 1 heterocycles. The third-order valence-corrected chi connectivity index (χ3v) is 7.61. The summed E-state index contributed by atoms with van der Waals surface area (Å²) in [6, 6.07) is 12.5. The van der Waals surface area contributed by atoms with Gasteiger partial charge in [0.1, 0.15) is 5.82 Å². The smallest absolute Gasteiger partial charge is 0.243 e. The maximum Gasteiger partial charge on any atom is 0.243 e. The average molecular weight is 477 g/mol. The Hall–Kier alpha value is -2.82. The van der Waals surface area contributed by atoms with Gasteiger partial charge in [-0.3, -0.25) is 14.5 Å². The summed E-state index contributed by atoms with van der Waals surface area (Å²) in [6.45, 7) is 3.50. The Morgan fingerprint density at radius 1 is 1.03 bits per heavy atom. The molecule has 0 bridgehead atoms. The first-order valence-electron chi connectivity index (χ1n) is 10.7. The first-order chi connectivity index (χ1) is 15.6. The van der Waals surface area contributed by atoms with Crippen LogP contribution in [0.2, 0.25) is 0 Å². The highest BCUT2D eigenvalue weighted by atomic mass is 32.2. The Balaban J connectivity index is 1.46. The molecule has 2 aromatic rings. The first kappa shape index (κ1) is 24.8. The number of carbonyl (C=O) groups is 2. The minimum absolute atomic E-state index is 0.0767. The zero-order valence-corrected chi connectivity index (χ0v) is 19.4. The molecule has 0 saturated carbocycles. The molecule has 1 aliphatic rings. The van der Waals surface area contributed by atoms with Crippen molar-refractivity contribution in [3.63, 3.8) is 0 Å². The number of nitrogens with zero attached hydrogens (tertiary/aromatic N) is 2. The van der Waals surface area contributed by atoms with E-state index in [0.29, 0.717) is 19.5 Å². The number of hydrogen-bond donors (Lipinski definition) is 2. The van der Waals surface area contributed by atoms with Gasteiger partial charge in [0.25, 0.3) is 0 Å². The molecule has 2 aromatic carbocycles. The number of sulfonamides is 1. The Labute approximate surface area is 193 Å². The molecule has 8 nitrogen and oxygen atoms in total. The van der Waals surface area contributed by atoms with E-state index in [1.165, 1.54) is 16.4 Å². The first-order valence-corrected chi connectivity index (χ1v) is 12.2. The highest BCUT2D eigenvalue weighted by Crippen LogP contribution is 2.18. The highest BCUT2D eigenvalue weighted by molar-refractivity contribution is 7.89. The lowest BCUT2D eigenvalue weighted by Gasteiger charge is -2.33. The van der Waals surface area contributed by atoms with Gasteiger partial charge in [-0.25, -0.2) is 12.8 Å². The molecule has 0 spiro atoms. The third kappa shape index (κ3) is 6.83. The minimum Gasteiger partial charge on any atom is -0.369 e. The van der Waals surface area contributed by atoms with Crippen LogP contribution in [0.5, 0.6) is 0 Å². The Kier molecular flexibility index (Phi) is 8.17. The Morgan fingerprint density at radius 2 is 1.64 bits per heavy atom. The van der Waals surface area contributed by atoms with Crippen LogP contribution in [0.25, 0.3) is 0 Å². The van der Waals surface area contributed by atoms with E-state index in [9.17, 15) is 22.4 Å². The van der Waals surface area contributed by atoms with Crippen LogP contribution in [0, 0.1) is 18.7 Å². The molecule has 1 atom stereocenters. The topological polar surface area (TPSA) is 113 Å². The summed E-state index contributed by atoms with van der Waals surface area (Å²) in [6.07, 6.45) is 0.297. The van der Waals surface area contributed by atoms with Gasteiger partial charge in [-0.1, -0.05) is 29.8 Å². The summed E-state index contributed by atoms with van der Waals surface area (Å²) in [5.41, 5.74) is 7.20. The fourth-order valence-corrected chi connectivity index (χ4v) is 5.08. The van der Waals surface area contributed by atoms with Crippen molar-refractivity contribution in [1.29, 1.82) is 0 Å². The van der Waals surface area contributed by atoms with Crippen molar-refractivity contribution in [2.75, 3.05) is 39.3 Å². The van der Waals surface area contributed by atoms with E-state index in [4.69, 9.17) is 5.73 Å². The van der Waals surface area contributed by atoms with E-state index in [1.54, 1.807) is 36.4 Å². The van der Waals surface area contributed by atoms with Crippen LogP contribution in [-0.2, 0) is 26.0 Å². The van der Waals surface area contributed by atoms with Crippen molar-refractivity contribution in [2.24, 2.45) is 11.7 Å². The average Bonchev–Trinajstić information content (AvgIpc) is 2.78. The highest BCUT2D eigenvalue weighted by Gasteiger charge is 2.29. The van der Waals surface area contributed by atoms with Gasteiger partial charge in [-0.2, -0.15) is 4.31 Å². The van der Waals surface area contributed by atoms with Gasteiger partial charge in [0.15, 0.2) is 0 Å². The fraction of sp³-hybridized carbons (Fsp3) is 0.391. The number of nitrogens with one attached hydrogen (secondary N) is 1. The SMILES string of the molecule is Cc1ccc(S(=O)(=O)N2CCN(CC(=O)NCC(Cc3ccc(F)cc3)C(N)=O)CC2)cc1. The number of benzene rings is 2. The standard InChI is InChI=1S/C23H29FN4O4S/c1-17-2-8-21(9-3-17)33(31,32)28-12-10-27(11-13-28)16-22(29)26-15-19(23(25)30)14-18-4-6-20(24)7-5-18/h2-9,19H,10-16H2,1H3,(H2,25,30)(H,26,29). The molecule has 1 unspecified atom stereocenters. The number of rotatable bonds is 9. The van der Waals surface area contributed by atoms with Crippen LogP contribution in [0.1, 0.15) is 11.1 Å². The lowest BCUT2D eigenvalue weighted by Crippen LogP contribution is -2.51. The van der Waals surface area contributed by atoms with Gasteiger partial charge in [0.2, 0.25) is 21.8 Å². The van der Waals surface area contributed by atoms with Gasteiger partial charge >= 0.3 is 0 Å². The molecule has 3 N–H and O–H groups in total. The van der Waals surface area contributed by atoms with Crippen molar-refractivity contribution >= 4 is 21.8 Å². The molecule has 3 rings (SSSR count). The maximum absolute atomic E-state index is 13.1. The molecular weight excluding hydrogens is 447 g/mol. The summed E-state index contributed by atoms with van der Waals surface area (Å²) in [5.74, 6) is -1.80. The predicted octanol–water partition coefficient (Wildman–Crippen LogP) is 0.901. The van der Waals surface area contributed by atoms with E-state index in [2.05, 4.69) is 5.32 Å². The van der Waals surface area contributed by atoms with Crippen molar-refractivity contribution in [2.45, 2.75) is 18.2 Å². The van der Waals surface area contributed by atoms with E-state index < -0.39 is 21.8 Å². The Bertz CT molecular complexity index is 1070. The molecule has 1 saturated heterocycles. The zero-order valence-electron chi connectivity index (χ0n) is 18.5. The molecule has 2 amide bonds. The van der Waals surface area contributed by atoms with Crippen LogP contribution >= 0.6 is 0 Å². The second kappa shape index (κ2) is 10.9. The molecule has 33 heavy (non-hydrogen) atoms. The quantitative estimate of drug-likeness (QED) is 0.559. The van der Waals surface area contributed by atoms with E-state index in [-0.39, 0.29) is 42.8 Å². The van der Waals surface area contributed by atoms with Crippen LogP contribution in [0.15, 0.2) is 53.4 Å². The molecular formula is C23H29FN4O4S. The maximum atomic E-state index is 13.1. The largest absolute Gasteiger partial charge is 0.369 e. The predicted molar refractivity (Wildman–Crippen MR) is 122 cm³/mol. The van der Waals surface area contributed by atoms with Crippen molar-refractivity contribution in [3.05, 3.63) is 65.5 Å². The zero-order chi connectivity index (χ0) is 24.0. The normalized spacial score (nSPS) is 16.3. The number of halogens is 1. The summed E-state index contributed by atoms with van der Waals surface area (Å²) < 4.78 is 40.1. The Morgan fingerprint density at radius 3 is 2.21 bits per heavy atom. The van der Waals surface area contributed by atoms with E-state index in [0.717, 1.165) is 11.1 Å². The summed E-state index contributed by atoms with van der Waals surface area (Å²) >= 11 is 0. The molecule has 0 aromatic heterocycles. The van der Waals surface area contributed by atoms with Crippen LogP contribution in [0.3, 0.4) is 0 Å². The number of amides is 2. The van der Waals surface area contributed by atoms with Gasteiger partial charge in [-0.05, 0) is 43.2 Å².